The zero-order valence-corrected chi connectivity index (χ0v) is 10.3. The van der Waals surface area contributed by atoms with Gasteiger partial charge in [0.05, 0.1) is 24.3 Å². The Hall–Kier alpha value is -1.13. The second-order valence-electron chi connectivity index (χ2n) is 4.12. The van der Waals surface area contributed by atoms with E-state index in [9.17, 15) is 10.2 Å². The molecule has 1 heterocycles. The van der Waals surface area contributed by atoms with Crippen molar-refractivity contribution >= 4 is 11.6 Å². The number of fused-ring (bicyclic) bond motifs is 1. The zero-order valence-electron chi connectivity index (χ0n) is 9.57. The summed E-state index contributed by atoms with van der Waals surface area (Å²) in [6, 6.07) is 1.54. The Morgan fingerprint density at radius 3 is 2.82 bits per heavy atom. The van der Waals surface area contributed by atoms with Crippen LogP contribution in [-0.4, -0.2) is 29.5 Å². The molecule has 2 rings (SSSR count). The van der Waals surface area contributed by atoms with Gasteiger partial charge in [0.25, 0.3) is 0 Å². The molecule has 0 amide bonds. The molecule has 2 N–H and O–H groups in total. The molecule has 5 heteroatoms. The van der Waals surface area contributed by atoms with E-state index in [4.69, 9.17) is 21.1 Å². The Morgan fingerprint density at radius 1 is 1.41 bits per heavy atom. The molecule has 1 aromatic carbocycles. The van der Waals surface area contributed by atoms with Gasteiger partial charge in [-0.05, 0) is 6.92 Å². The largest absolute Gasteiger partial charge is 0.506 e. The van der Waals surface area contributed by atoms with Gasteiger partial charge < -0.3 is 19.7 Å². The van der Waals surface area contributed by atoms with E-state index in [0.717, 1.165) is 6.42 Å². The van der Waals surface area contributed by atoms with Crippen LogP contribution in [0, 0.1) is 0 Å². The minimum atomic E-state index is -0.588. The van der Waals surface area contributed by atoms with E-state index in [-0.39, 0.29) is 17.2 Å². The summed E-state index contributed by atoms with van der Waals surface area (Å²) in [6.45, 7) is 2.73. The van der Waals surface area contributed by atoms with Crippen LogP contribution < -0.4 is 9.47 Å². The Balaban J connectivity index is 2.49. The van der Waals surface area contributed by atoms with Crippen molar-refractivity contribution in [3.05, 3.63) is 16.7 Å². The summed E-state index contributed by atoms with van der Waals surface area (Å²) in [5.41, 5.74) is 0.504. The van der Waals surface area contributed by atoms with Gasteiger partial charge in [0, 0.05) is 24.5 Å². The van der Waals surface area contributed by atoms with Crippen LogP contribution in [0.4, 0.5) is 0 Å². The number of ether oxygens (including phenoxy) is 2. The van der Waals surface area contributed by atoms with Crippen molar-refractivity contribution in [3.63, 3.8) is 0 Å². The molecule has 0 radical (unpaired) electrons. The molecule has 0 saturated carbocycles. The summed E-state index contributed by atoms with van der Waals surface area (Å²) in [5.74, 6) is 0.975. The van der Waals surface area contributed by atoms with Crippen molar-refractivity contribution in [1.82, 2.24) is 0 Å². The maximum Gasteiger partial charge on any atom is 0.168 e. The molecule has 1 aromatic rings. The van der Waals surface area contributed by atoms with Crippen molar-refractivity contribution in [1.29, 1.82) is 0 Å². The molecular formula is C12H15ClO4. The van der Waals surface area contributed by atoms with Crippen LogP contribution in [0.2, 0.25) is 5.02 Å². The summed E-state index contributed by atoms with van der Waals surface area (Å²) >= 11 is 5.92. The van der Waals surface area contributed by atoms with Crippen molar-refractivity contribution in [2.24, 2.45) is 0 Å². The van der Waals surface area contributed by atoms with Gasteiger partial charge in [-0.2, -0.15) is 0 Å². The fraction of sp³-hybridized carbons (Fsp3) is 0.500. The highest BCUT2D eigenvalue weighted by Gasteiger charge is 2.22. The standard InChI is InChI=1S/C12H15ClO4/c1-7(14)5-8-11(15)9(13)6-10-12(8)17-4-2-3-16-10/h6-7,14-15H,2-5H2,1H3. The predicted octanol–water partition coefficient (Wildman–Crippen LogP) is 2.13. The Kier molecular flexibility index (Phi) is 3.64. The van der Waals surface area contributed by atoms with E-state index >= 15 is 0 Å². The topological polar surface area (TPSA) is 58.9 Å². The van der Waals surface area contributed by atoms with Gasteiger partial charge in [0.2, 0.25) is 0 Å². The van der Waals surface area contributed by atoms with Crippen molar-refractivity contribution < 1.29 is 19.7 Å². The molecule has 94 valence electrons. The van der Waals surface area contributed by atoms with Gasteiger partial charge in [0.1, 0.15) is 5.75 Å². The fourth-order valence-corrected chi connectivity index (χ4v) is 2.03. The van der Waals surface area contributed by atoms with Crippen LogP contribution in [0.25, 0.3) is 0 Å². The van der Waals surface area contributed by atoms with Gasteiger partial charge >= 0.3 is 0 Å². The van der Waals surface area contributed by atoms with E-state index < -0.39 is 6.10 Å². The van der Waals surface area contributed by atoms with Crippen LogP contribution in [0.15, 0.2) is 6.07 Å². The zero-order chi connectivity index (χ0) is 12.4. The normalized spacial score (nSPS) is 16.4. The molecule has 1 aliphatic heterocycles. The SMILES string of the molecule is CC(O)Cc1c(O)c(Cl)cc2c1OCCCO2. The molecule has 1 unspecified atom stereocenters. The van der Waals surface area contributed by atoms with Crippen molar-refractivity contribution in [2.75, 3.05) is 13.2 Å². The summed E-state index contributed by atoms with van der Waals surface area (Å²) < 4.78 is 11.1. The minimum absolute atomic E-state index is 0.0446. The number of aliphatic hydroxyl groups excluding tert-OH is 1. The first-order chi connectivity index (χ1) is 8.09. The monoisotopic (exact) mass is 258 g/mol. The van der Waals surface area contributed by atoms with Gasteiger partial charge in [0.15, 0.2) is 11.5 Å². The highest BCUT2D eigenvalue weighted by atomic mass is 35.5. The lowest BCUT2D eigenvalue weighted by atomic mass is 10.1. The van der Waals surface area contributed by atoms with E-state index in [1.165, 1.54) is 0 Å². The molecular weight excluding hydrogens is 244 g/mol. The lowest BCUT2D eigenvalue weighted by molar-refractivity contribution is 0.192. The highest BCUT2D eigenvalue weighted by molar-refractivity contribution is 6.32. The Bertz CT molecular complexity index is 417. The Morgan fingerprint density at radius 2 is 2.12 bits per heavy atom. The number of phenols is 1. The van der Waals surface area contributed by atoms with Gasteiger partial charge in [-0.3, -0.25) is 0 Å². The maximum atomic E-state index is 9.92. The van der Waals surface area contributed by atoms with Gasteiger partial charge in [-0.1, -0.05) is 11.6 Å². The molecule has 0 fully saturated rings. The summed E-state index contributed by atoms with van der Waals surface area (Å²) in [4.78, 5) is 0. The van der Waals surface area contributed by atoms with E-state index in [1.54, 1.807) is 13.0 Å². The molecule has 1 atom stereocenters. The lowest BCUT2D eigenvalue weighted by Gasteiger charge is -2.16. The number of hydrogen-bond acceptors (Lipinski definition) is 4. The molecule has 0 saturated heterocycles. The van der Waals surface area contributed by atoms with E-state index in [1.807, 2.05) is 0 Å². The van der Waals surface area contributed by atoms with Crippen molar-refractivity contribution in [2.45, 2.75) is 25.9 Å². The van der Waals surface area contributed by atoms with Crippen LogP contribution in [0.3, 0.4) is 0 Å². The van der Waals surface area contributed by atoms with E-state index in [2.05, 4.69) is 0 Å². The van der Waals surface area contributed by atoms with Gasteiger partial charge in [-0.15, -0.1) is 0 Å². The average Bonchev–Trinajstić information content (AvgIpc) is 2.49. The summed E-state index contributed by atoms with van der Waals surface area (Å²) in [6.07, 6.45) is 0.467. The summed E-state index contributed by atoms with van der Waals surface area (Å²) in [5, 5.41) is 19.6. The first-order valence-corrected chi connectivity index (χ1v) is 5.95. The number of aromatic hydroxyl groups is 1. The second-order valence-corrected chi connectivity index (χ2v) is 4.52. The number of phenolic OH excluding ortho intramolecular Hbond substituents is 1. The average molecular weight is 259 g/mol. The van der Waals surface area contributed by atoms with Crippen molar-refractivity contribution in [3.8, 4) is 17.2 Å². The number of benzene rings is 1. The molecule has 0 bridgehead atoms. The second kappa shape index (κ2) is 5.02. The summed E-state index contributed by atoms with van der Waals surface area (Å²) in [7, 11) is 0. The van der Waals surface area contributed by atoms with Crippen LogP contribution in [0.1, 0.15) is 18.9 Å². The number of halogens is 1. The van der Waals surface area contributed by atoms with Crippen LogP contribution in [0.5, 0.6) is 17.2 Å². The molecule has 17 heavy (non-hydrogen) atoms. The van der Waals surface area contributed by atoms with Crippen LogP contribution >= 0.6 is 11.6 Å². The molecule has 0 spiro atoms. The lowest BCUT2D eigenvalue weighted by Crippen LogP contribution is -2.07. The quantitative estimate of drug-likeness (QED) is 0.853. The minimum Gasteiger partial charge on any atom is -0.506 e. The molecule has 0 aromatic heterocycles. The third kappa shape index (κ3) is 2.58. The molecule has 4 nitrogen and oxygen atoms in total. The first kappa shape index (κ1) is 12.3. The smallest absolute Gasteiger partial charge is 0.168 e. The number of rotatable bonds is 2. The number of aliphatic hydroxyl groups is 1. The first-order valence-electron chi connectivity index (χ1n) is 5.57. The highest BCUT2D eigenvalue weighted by Crippen LogP contribution is 2.43. The third-order valence-electron chi connectivity index (χ3n) is 2.56. The Labute approximate surface area is 105 Å². The van der Waals surface area contributed by atoms with Crippen LogP contribution in [-0.2, 0) is 6.42 Å². The molecule has 0 aliphatic carbocycles. The number of hydrogen-bond donors (Lipinski definition) is 2. The fourth-order valence-electron chi connectivity index (χ4n) is 1.81. The van der Waals surface area contributed by atoms with E-state index in [0.29, 0.717) is 30.3 Å². The maximum absolute atomic E-state index is 9.92. The molecule has 1 aliphatic rings. The van der Waals surface area contributed by atoms with Gasteiger partial charge in [-0.25, -0.2) is 0 Å². The third-order valence-corrected chi connectivity index (χ3v) is 2.85. The predicted molar refractivity (Wildman–Crippen MR) is 64.1 cm³/mol.